The molecule has 0 radical (unpaired) electrons. The van der Waals surface area contributed by atoms with Crippen LogP contribution >= 0.6 is 11.8 Å². The van der Waals surface area contributed by atoms with Gasteiger partial charge in [0.15, 0.2) is 5.17 Å². The van der Waals surface area contributed by atoms with Crippen LogP contribution in [0.2, 0.25) is 0 Å². The SMILES string of the molecule is CC(=O)O.CSC(=NC(=O)C(C)NC(=O)OC(C)(C)C)N(C)C. The van der Waals surface area contributed by atoms with Gasteiger partial charge in [0.1, 0.15) is 11.6 Å². The molecule has 0 bridgehead atoms. The predicted molar refractivity (Wildman–Crippen MR) is 91.8 cm³/mol. The molecule has 8 nitrogen and oxygen atoms in total. The zero-order chi connectivity index (χ0) is 18.8. The molecule has 0 heterocycles. The van der Waals surface area contributed by atoms with Crippen molar-refractivity contribution in [3.63, 3.8) is 0 Å². The van der Waals surface area contributed by atoms with Crippen LogP contribution in [0.4, 0.5) is 4.79 Å². The second-order valence-electron chi connectivity index (χ2n) is 5.72. The number of hydrogen-bond acceptors (Lipinski definition) is 5. The highest BCUT2D eigenvalue weighted by Gasteiger charge is 2.21. The number of rotatable bonds is 2. The quantitative estimate of drug-likeness (QED) is 0.578. The largest absolute Gasteiger partial charge is 0.481 e. The Hall–Kier alpha value is -1.77. The van der Waals surface area contributed by atoms with Crippen molar-refractivity contribution in [3.05, 3.63) is 0 Å². The summed E-state index contributed by atoms with van der Waals surface area (Å²) in [5.74, 6) is -1.25. The van der Waals surface area contributed by atoms with Crippen molar-refractivity contribution in [2.24, 2.45) is 4.99 Å². The van der Waals surface area contributed by atoms with Crippen molar-refractivity contribution >= 4 is 34.9 Å². The number of amides is 2. The van der Waals surface area contributed by atoms with E-state index in [9.17, 15) is 9.59 Å². The lowest BCUT2D eigenvalue weighted by Gasteiger charge is -2.21. The van der Waals surface area contributed by atoms with Crippen LogP contribution in [-0.4, -0.2) is 65.1 Å². The summed E-state index contributed by atoms with van der Waals surface area (Å²) in [5.41, 5.74) is -0.593. The summed E-state index contributed by atoms with van der Waals surface area (Å²) in [6.07, 6.45) is 1.21. The average molecular weight is 349 g/mol. The van der Waals surface area contributed by atoms with Crippen molar-refractivity contribution in [2.75, 3.05) is 20.4 Å². The van der Waals surface area contributed by atoms with E-state index in [0.29, 0.717) is 5.17 Å². The molecule has 0 aromatic heterocycles. The first kappa shape index (κ1) is 23.5. The van der Waals surface area contributed by atoms with Crippen molar-refractivity contribution < 1.29 is 24.2 Å². The highest BCUT2D eigenvalue weighted by atomic mass is 32.2. The van der Waals surface area contributed by atoms with Gasteiger partial charge < -0.3 is 20.1 Å². The number of carbonyl (C=O) groups is 3. The van der Waals surface area contributed by atoms with E-state index in [1.807, 2.05) is 6.26 Å². The van der Waals surface area contributed by atoms with Crippen LogP contribution in [0.3, 0.4) is 0 Å². The fraction of sp³-hybridized carbons (Fsp3) is 0.714. The molecule has 134 valence electrons. The van der Waals surface area contributed by atoms with Gasteiger partial charge in [0.25, 0.3) is 11.9 Å². The normalized spacial score (nSPS) is 12.4. The number of aliphatic imine (C=N–C) groups is 1. The highest BCUT2D eigenvalue weighted by Crippen LogP contribution is 2.07. The lowest BCUT2D eigenvalue weighted by molar-refractivity contribution is -0.134. The number of carbonyl (C=O) groups excluding carboxylic acids is 2. The molecule has 23 heavy (non-hydrogen) atoms. The van der Waals surface area contributed by atoms with Crippen LogP contribution in [0.15, 0.2) is 4.99 Å². The van der Waals surface area contributed by atoms with E-state index in [-0.39, 0.29) is 0 Å². The van der Waals surface area contributed by atoms with E-state index in [4.69, 9.17) is 14.6 Å². The number of ether oxygens (including phenoxy) is 1. The number of amidine groups is 1. The molecule has 0 fully saturated rings. The molecule has 0 aromatic carbocycles. The van der Waals surface area contributed by atoms with Gasteiger partial charge in [-0.05, 0) is 34.0 Å². The number of alkyl carbamates (subject to hydrolysis) is 1. The van der Waals surface area contributed by atoms with E-state index in [2.05, 4.69) is 10.3 Å². The maximum atomic E-state index is 11.8. The molecular formula is C14H27N3O5S. The summed E-state index contributed by atoms with van der Waals surface area (Å²) in [7, 11) is 3.60. The maximum absolute atomic E-state index is 11.8. The van der Waals surface area contributed by atoms with Crippen LogP contribution in [0, 0.1) is 0 Å². The fourth-order valence-corrected chi connectivity index (χ4v) is 1.61. The zero-order valence-corrected chi connectivity index (χ0v) is 15.8. The van der Waals surface area contributed by atoms with Gasteiger partial charge in [-0.2, -0.15) is 4.99 Å². The average Bonchev–Trinajstić information content (AvgIpc) is 2.31. The summed E-state index contributed by atoms with van der Waals surface area (Å²) in [5, 5.41) is 10.5. The lowest BCUT2D eigenvalue weighted by atomic mass is 10.2. The summed E-state index contributed by atoms with van der Waals surface area (Å²) >= 11 is 1.36. The molecule has 2 N–H and O–H groups in total. The minimum atomic E-state index is -0.833. The molecule has 0 aliphatic rings. The van der Waals surface area contributed by atoms with Crippen LogP contribution in [0.25, 0.3) is 0 Å². The molecule has 0 aliphatic carbocycles. The van der Waals surface area contributed by atoms with Gasteiger partial charge in [0.05, 0.1) is 0 Å². The number of hydrogen-bond donors (Lipinski definition) is 2. The molecule has 0 saturated heterocycles. The van der Waals surface area contributed by atoms with Gasteiger partial charge in [-0.25, -0.2) is 4.79 Å². The van der Waals surface area contributed by atoms with Crippen molar-refractivity contribution in [1.82, 2.24) is 10.2 Å². The smallest absolute Gasteiger partial charge is 0.408 e. The second-order valence-corrected chi connectivity index (χ2v) is 6.49. The summed E-state index contributed by atoms with van der Waals surface area (Å²) in [6, 6.07) is -0.725. The number of nitrogens with zero attached hydrogens (tertiary/aromatic N) is 2. The minimum absolute atomic E-state index is 0.413. The maximum Gasteiger partial charge on any atom is 0.408 e. The third-order valence-corrected chi connectivity index (χ3v) is 2.70. The first-order chi connectivity index (χ1) is 10.3. The Bertz CT molecular complexity index is 440. The Morgan fingerprint density at radius 2 is 1.70 bits per heavy atom. The van der Waals surface area contributed by atoms with Crippen LogP contribution in [-0.2, 0) is 14.3 Å². The third-order valence-electron chi connectivity index (χ3n) is 1.87. The summed E-state index contributed by atoms with van der Waals surface area (Å²) < 4.78 is 5.07. The molecule has 1 unspecified atom stereocenters. The van der Waals surface area contributed by atoms with Crippen LogP contribution < -0.4 is 5.32 Å². The molecular weight excluding hydrogens is 322 g/mol. The van der Waals surface area contributed by atoms with Gasteiger partial charge in [0, 0.05) is 21.0 Å². The van der Waals surface area contributed by atoms with Gasteiger partial charge in [-0.15, -0.1) is 0 Å². The Morgan fingerprint density at radius 3 is 2.00 bits per heavy atom. The van der Waals surface area contributed by atoms with Crippen molar-refractivity contribution in [3.8, 4) is 0 Å². The van der Waals surface area contributed by atoms with Gasteiger partial charge in [-0.3, -0.25) is 9.59 Å². The molecule has 0 aromatic rings. The first-order valence-electron chi connectivity index (χ1n) is 6.83. The van der Waals surface area contributed by atoms with E-state index in [1.54, 1.807) is 46.7 Å². The van der Waals surface area contributed by atoms with E-state index < -0.39 is 29.6 Å². The molecule has 0 spiro atoms. The Balaban J connectivity index is 0. The zero-order valence-electron chi connectivity index (χ0n) is 15.0. The van der Waals surface area contributed by atoms with E-state index >= 15 is 0 Å². The van der Waals surface area contributed by atoms with Crippen molar-refractivity contribution in [2.45, 2.75) is 46.3 Å². The number of carboxylic acid groups (broad SMARTS) is 1. The topological polar surface area (TPSA) is 108 Å². The van der Waals surface area contributed by atoms with Crippen LogP contribution in [0.5, 0.6) is 0 Å². The van der Waals surface area contributed by atoms with Gasteiger partial charge >= 0.3 is 6.09 Å². The second kappa shape index (κ2) is 10.9. The Morgan fingerprint density at radius 1 is 1.26 bits per heavy atom. The van der Waals surface area contributed by atoms with E-state index in [1.165, 1.54) is 11.8 Å². The number of nitrogens with one attached hydrogen (secondary N) is 1. The summed E-state index contributed by atoms with van der Waals surface area (Å²) in [4.78, 5) is 38.0. The Labute approximate surface area is 141 Å². The standard InChI is InChI=1S/C12H23N3O3S.C2H4O2/c1-8(13-11(17)18-12(2,3)4)9(16)14-10(19-7)15(5)6;1-2(3)4/h8H,1-7H3,(H,13,17);1H3,(H,3,4). The first-order valence-corrected chi connectivity index (χ1v) is 8.05. The molecule has 0 rings (SSSR count). The highest BCUT2D eigenvalue weighted by molar-refractivity contribution is 8.13. The fourth-order valence-electron chi connectivity index (χ4n) is 1.07. The molecule has 9 heteroatoms. The lowest BCUT2D eigenvalue weighted by Crippen LogP contribution is -2.41. The minimum Gasteiger partial charge on any atom is -0.481 e. The number of thioether (sulfide) groups is 1. The number of carboxylic acids is 1. The van der Waals surface area contributed by atoms with Gasteiger partial charge in [-0.1, -0.05) is 11.8 Å². The molecule has 2 amide bonds. The third kappa shape index (κ3) is 14.9. The molecule has 1 atom stereocenters. The Kier molecular flexibility index (Phi) is 11.1. The predicted octanol–water partition coefficient (Wildman–Crippen LogP) is 1.80. The molecule has 0 aliphatic heterocycles. The number of aliphatic carboxylic acids is 1. The van der Waals surface area contributed by atoms with Gasteiger partial charge in [0.2, 0.25) is 0 Å². The van der Waals surface area contributed by atoms with Crippen molar-refractivity contribution in [1.29, 1.82) is 0 Å². The molecule has 0 saturated carbocycles. The van der Waals surface area contributed by atoms with Crippen LogP contribution in [0.1, 0.15) is 34.6 Å². The summed E-state index contributed by atoms with van der Waals surface area (Å²) in [6.45, 7) is 7.93. The monoisotopic (exact) mass is 349 g/mol. The van der Waals surface area contributed by atoms with E-state index in [0.717, 1.165) is 6.92 Å².